The van der Waals surface area contributed by atoms with Gasteiger partial charge in [0.1, 0.15) is 0 Å². The lowest BCUT2D eigenvalue weighted by Crippen LogP contribution is -2.01. The number of rotatable bonds is 3. The summed E-state index contributed by atoms with van der Waals surface area (Å²) in [7, 11) is 0.648. The summed E-state index contributed by atoms with van der Waals surface area (Å²) >= 11 is 0. The minimum absolute atomic E-state index is 0.648. The van der Waals surface area contributed by atoms with Gasteiger partial charge in [0.2, 0.25) is 15.8 Å². The van der Waals surface area contributed by atoms with E-state index in [9.17, 15) is 4.89 Å². The Morgan fingerprint density at radius 1 is 1.27 bits per heavy atom. The molecule has 0 unspecified atom stereocenters. The SMILES string of the molecule is CCc1cccc([S+]=P([O-])(O)O)c1CC. The summed E-state index contributed by atoms with van der Waals surface area (Å²) in [5.74, 6) is 0. The predicted molar refractivity (Wildman–Crippen MR) is 62.2 cm³/mol. The minimum Gasteiger partial charge on any atom is -0.742 e. The molecule has 0 aromatic heterocycles. The summed E-state index contributed by atoms with van der Waals surface area (Å²) in [6.07, 6.45) is 1.69. The maximum absolute atomic E-state index is 10.9. The van der Waals surface area contributed by atoms with E-state index in [1.54, 1.807) is 6.07 Å². The third-order valence-corrected chi connectivity index (χ3v) is 4.30. The summed E-state index contributed by atoms with van der Waals surface area (Å²) in [6.45, 7) is -0.00107. The molecule has 0 saturated heterocycles. The van der Waals surface area contributed by atoms with E-state index in [-0.39, 0.29) is 0 Å². The lowest BCUT2D eigenvalue weighted by Gasteiger charge is -2.06. The molecule has 0 fully saturated rings. The van der Waals surface area contributed by atoms with Crippen LogP contribution in [-0.2, 0) is 23.8 Å². The summed E-state index contributed by atoms with van der Waals surface area (Å²) in [5, 5.41) is 0. The van der Waals surface area contributed by atoms with Crippen molar-refractivity contribution in [2.24, 2.45) is 0 Å². The predicted octanol–water partition coefficient (Wildman–Crippen LogP) is 1.28. The van der Waals surface area contributed by atoms with E-state index in [4.69, 9.17) is 9.79 Å². The third kappa shape index (κ3) is 3.67. The Kier molecular flexibility index (Phi) is 4.44. The first-order valence-electron chi connectivity index (χ1n) is 4.83. The van der Waals surface area contributed by atoms with Crippen LogP contribution < -0.4 is 4.89 Å². The Morgan fingerprint density at radius 3 is 2.40 bits per heavy atom. The van der Waals surface area contributed by atoms with E-state index in [2.05, 4.69) is 0 Å². The van der Waals surface area contributed by atoms with Crippen LogP contribution in [0.3, 0.4) is 0 Å². The van der Waals surface area contributed by atoms with Crippen LogP contribution in [0.1, 0.15) is 25.0 Å². The van der Waals surface area contributed by atoms with Crippen LogP contribution in [0.5, 0.6) is 0 Å². The van der Waals surface area contributed by atoms with Gasteiger partial charge in [-0.1, -0.05) is 26.0 Å². The quantitative estimate of drug-likeness (QED) is 0.623. The molecule has 0 aliphatic rings. The molecule has 0 heterocycles. The highest BCUT2D eigenvalue weighted by molar-refractivity contribution is 8.16. The molecule has 0 aliphatic heterocycles. The van der Waals surface area contributed by atoms with Gasteiger partial charge < -0.3 is 14.7 Å². The first-order chi connectivity index (χ1) is 6.98. The second kappa shape index (κ2) is 5.19. The summed E-state index contributed by atoms with van der Waals surface area (Å²) in [6, 6.07) is 5.61. The topological polar surface area (TPSA) is 63.5 Å². The van der Waals surface area contributed by atoms with Crippen LogP contribution in [-0.4, -0.2) is 9.79 Å². The lowest BCUT2D eigenvalue weighted by atomic mass is 10.0. The molecule has 3 nitrogen and oxygen atoms in total. The molecule has 1 aromatic rings. The van der Waals surface area contributed by atoms with Gasteiger partial charge in [-0.15, -0.1) is 0 Å². The molecule has 0 bridgehead atoms. The lowest BCUT2D eigenvalue weighted by molar-refractivity contribution is -0.196. The van der Waals surface area contributed by atoms with Crippen LogP contribution in [0.15, 0.2) is 23.1 Å². The minimum atomic E-state index is -4.04. The van der Waals surface area contributed by atoms with Crippen molar-refractivity contribution in [1.29, 1.82) is 0 Å². The first kappa shape index (κ1) is 12.8. The van der Waals surface area contributed by atoms with Crippen LogP contribution >= 0.6 is 6.72 Å². The molecule has 0 amide bonds. The van der Waals surface area contributed by atoms with Gasteiger partial charge in [0.15, 0.2) is 0 Å². The smallest absolute Gasteiger partial charge is 0.321 e. The highest BCUT2D eigenvalue weighted by Gasteiger charge is 2.16. The first-order valence-corrected chi connectivity index (χ1v) is 7.87. The van der Waals surface area contributed by atoms with Crippen molar-refractivity contribution in [3.05, 3.63) is 29.3 Å². The Labute approximate surface area is 93.6 Å². The second-order valence-electron chi connectivity index (χ2n) is 3.18. The Morgan fingerprint density at radius 2 is 1.93 bits per heavy atom. The fraction of sp³-hybridized carbons (Fsp3) is 0.400. The number of hydrogen-bond donors (Lipinski definition) is 2. The summed E-state index contributed by atoms with van der Waals surface area (Å²) in [4.78, 5) is 29.5. The fourth-order valence-electron chi connectivity index (χ4n) is 1.56. The van der Waals surface area contributed by atoms with E-state index in [1.807, 2.05) is 26.0 Å². The maximum Gasteiger partial charge on any atom is 0.321 e. The van der Waals surface area contributed by atoms with Gasteiger partial charge in [-0.2, -0.15) is 0 Å². The largest absolute Gasteiger partial charge is 0.742 e. The zero-order valence-electron chi connectivity index (χ0n) is 8.80. The summed E-state index contributed by atoms with van der Waals surface area (Å²) < 4.78 is 0. The molecule has 2 N–H and O–H groups in total. The zero-order chi connectivity index (χ0) is 11.5. The summed E-state index contributed by atoms with van der Waals surface area (Å²) in [5.41, 5.74) is 2.21. The van der Waals surface area contributed by atoms with E-state index < -0.39 is 6.72 Å². The molecule has 1 aromatic carbocycles. The molecule has 0 radical (unpaired) electrons. The van der Waals surface area contributed by atoms with Gasteiger partial charge in [0.05, 0.1) is 0 Å². The highest BCUT2D eigenvalue weighted by Crippen LogP contribution is 2.30. The zero-order valence-corrected chi connectivity index (χ0v) is 10.5. The molecular formula is C10H15O3PS. The van der Waals surface area contributed by atoms with Crippen molar-refractivity contribution in [3.8, 4) is 0 Å². The molecular weight excluding hydrogens is 231 g/mol. The molecule has 84 valence electrons. The van der Waals surface area contributed by atoms with Gasteiger partial charge >= 0.3 is 6.72 Å². The van der Waals surface area contributed by atoms with Crippen LogP contribution in [0, 0.1) is 0 Å². The fourth-order valence-corrected chi connectivity index (χ4v) is 3.62. The molecule has 0 spiro atoms. The third-order valence-electron chi connectivity index (χ3n) is 2.18. The Bertz CT molecular complexity index is 389. The number of aryl methyl sites for hydroxylation is 1. The van der Waals surface area contributed by atoms with Crippen LogP contribution in [0.2, 0.25) is 0 Å². The highest BCUT2D eigenvalue weighted by atomic mass is 32.5. The average Bonchev–Trinajstić information content (AvgIpc) is 2.15. The van der Waals surface area contributed by atoms with Crippen molar-refractivity contribution < 1.29 is 14.7 Å². The number of hydrogen-bond acceptors (Lipinski definition) is 1. The number of benzene rings is 1. The molecule has 5 heteroatoms. The normalized spacial score (nSPS) is 11.5. The van der Waals surface area contributed by atoms with Gasteiger partial charge in [-0.25, -0.2) is 0 Å². The van der Waals surface area contributed by atoms with Gasteiger partial charge in [0, 0.05) is 11.6 Å². The van der Waals surface area contributed by atoms with Gasteiger partial charge in [-0.3, -0.25) is 0 Å². The van der Waals surface area contributed by atoms with E-state index in [0.29, 0.717) is 15.8 Å². The Balaban J connectivity index is 3.30. The average molecular weight is 246 g/mol. The van der Waals surface area contributed by atoms with E-state index in [1.165, 1.54) is 0 Å². The van der Waals surface area contributed by atoms with Crippen molar-refractivity contribution >= 4 is 17.7 Å². The van der Waals surface area contributed by atoms with E-state index >= 15 is 0 Å². The van der Waals surface area contributed by atoms with Gasteiger partial charge in [-0.05, 0) is 18.4 Å². The Hall–Kier alpha value is -0.250. The van der Waals surface area contributed by atoms with Crippen LogP contribution in [0.4, 0.5) is 0 Å². The van der Waals surface area contributed by atoms with Crippen molar-refractivity contribution in [3.63, 3.8) is 0 Å². The molecule has 1 rings (SSSR count). The van der Waals surface area contributed by atoms with Gasteiger partial charge in [0.25, 0.3) is 0 Å². The monoisotopic (exact) mass is 246 g/mol. The second-order valence-corrected chi connectivity index (χ2v) is 6.76. The van der Waals surface area contributed by atoms with Crippen molar-refractivity contribution in [2.75, 3.05) is 0 Å². The van der Waals surface area contributed by atoms with E-state index in [0.717, 1.165) is 24.0 Å². The molecule has 0 atom stereocenters. The molecule has 0 aliphatic carbocycles. The molecule has 15 heavy (non-hydrogen) atoms. The maximum atomic E-state index is 10.9. The van der Waals surface area contributed by atoms with Crippen molar-refractivity contribution in [2.45, 2.75) is 31.6 Å². The van der Waals surface area contributed by atoms with Crippen molar-refractivity contribution in [1.82, 2.24) is 0 Å². The molecule has 0 saturated carbocycles. The standard InChI is InChI=1S/C10H15O3PS/c1-3-8-6-5-7-10(9(8)4-2)15-14(11,12)13/h5-7H,3-4H2,1-2H3,(H2-,11,12,13). The van der Waals surface area contributed by atoms with Crippen LogP contribution in [0.25, 0.3) is 0 Å².